The Morgan fingerprint density at radius 2 is 0.786 bits per heavy atom. The molecule has 0 saturated carbocycles. The summed E-state index contributed by atoms with van der Waals surface area (Å²) in [5.41, 5.74) is 0. The molecule has 2 atom stereocenters. The van der Waals surface area contributed by atoms with E-state index in [1.807, 2.05) is 6.08 Å². The van der Waals surface area contributed by atoms with Crippen LogP contribution in [0.3, 0.4) is 0 Å². The number of ether oxygens (including phenoxy) is 2. The first-order chi connectivity index (χ1) is 20.6. The van der Waals surface area contributed by atoms with Crippen LogP contribution in [0.25, 0.3) is 0 Å². The first-order valence-electron chi connectivity index (χ1n) is 18.6. The van der Waals surface area contributed by atoms with Gasteiger partial charge < -0.3 is 9.47 Å². The van der Waals surface area contributed by atoms with Crippen LogP contribution >= 0.6 is 0 Å². The lowest BCUT2D eigenvalue weighted by molar-refractivity contribution is -0.169. The van der Waals surface area contributed by atoms with Crippen LogP contribution in [0.5, 0.6) is 0 Å². The molecule has 0 aromatic rings. The molecule has 248 valence electrons. The number of allylic oxidation sites excluding steroid dienone is 1. The summed E-state index contributed by atoms with van der Waals surface area (Å²) in [5, 5.41) is 0. The van der Waals surface area contributed by atoms with Crippen molar-refractivity contribution >= 4 is 11.9 Å². The highest BCUT2D eigenvalue weighted by Gasteiger charge is 2.28. The molecular formula is C38H72O4. The summed E-state index contributed by atoms with van der Waals surface area (Å²) >= 11 is 0. The van der Waals surface area contributed by atoms with Crippen LogP contribution in [0.1, 0.15) is 207 Å². The summed E-state index contributed by atoms with van der Waals surface area (Å²) in [7, 11) is 0. The zero-order valence-corrected chi connectivity index (χ0v) is 28.6. The van der Waals surface area contributed by atoms with Crippen LogP contribution in [0.4, 0.5) is 0 Å². The first kappa shape index (κ1) is 40.7. The van der Waals surface area contributed by atoms with Crippen LogP contribution in [0.2, 0.25) is 0 Å². The van der Waals surface area contributed by atoms with Crippen LogP contribution in [0.15, 0.2) is 12.7 Å². The van der Waals surface area contributed by atoms with E-state index in [0.29, 0.717) is 19.3 Å². The molecule has 0 aliphatic heterocycles. The summed E-state index contributed by atoms with van der Waals surface area (Å²) in [6, 6.07) is 0. The summed E-state index contributed by atoms with van der Waals surface area (Å²) in [5.74, 6) is -0.276. The standard InChI is InChI=1S/C38H72O4/c1-5-9-13-16-19-21-23-26-29-33-37(39)41-35(31-12-8-4)36(32-28-25-18-15-11-7-3)42-38(40)34-30-27-24-22-20-17-14-10-6-2/h8,35-36H,4-7,9-34H2,1-3H3. The Morgan fingerprint density at radius 1 is 0.476 bits per heavy atom. The Hall–Kier alpha value is -1.32. The number of esters is 2. The molecule has 0 bridgehead atoms. The van der Waals surface area contributed by atoms with E-state index >= 15 is 0 Å². The van der Waals surface area contributed by atoms with E-state index in [2.05, 4.69) is 27.4 Å². The lowest BCUT2D eigenvalue weighted by Crippen LogP contribution is -2.35. The molecule has 0 aliphatic carbocycles. The van der Waals surface area contributed by atoms with Gasteiger partial charge in [0.05, 0.1) is 0 Å². The molecule has 0 heterocycles. The minimum absolute atomic E-state index is 0.132. The van der Waals surface area contributed by atoms with Gasteiger partial charge in [-0.25, -0.2) is 0 Å². The van der Waals surface area contributed by atoms with Gasteiger partial charge in [-0.3, -0.25) is 9.59 Å². The van der Waals surface area contributed by atoms with Crippen LogP contribution in [0, 0.1) is 0 Å². The second-order valence-electron chi connectivity index (χ2n) is 12.6. The van der Waals surface area contributed by atoms with Crippen molar-refractivity contribution in [3.8, 4) is 0 Å². The molecule has 0 fully saturated rings. The van der Waals surface area contributed by atoms with Crippen LogP contribution < -0.4 is 0 Å². The predicted octanol–water partition coefficient (Wildman–Crippen LogP) is 12.4. The SMILES string of the molecule is C=CCCC(OC(=O)CCCCCCCCCCC)C(CCCCCCCC)OC(=O)CCCCCCCCCCC. The molecule has 4 nitrogen and oxygen atoms in total. The van der Waals surface area contributed by atoms with Gasteiger partial charge in [0.15, 0.2) is 0 Å². The minimum atomic E-state index is -0.378. The Morgan fingerprint density at radius 3 is 1.14 bits per heavy atom. The van der Waals surface area contributed by atoms with E-state index in [0.717, 1.165) is 51.4 Å². The van der Waals surface area contributed by atoms with Gasteiger partial charge in [-0.1, -0.05) is 162 Å². The van der Waals surface area contributed by atoms with Gasteiger partial charge in [-0.05, 0) is 38.5 Å². The molecule has 0 rings (SSSR count). The van der Waals surface area contributed by atoms with E-state index in [4.69, 9.17) is 9.47 Å². The molecule has 0 aliphatic rings. The van der Waals surface area contributed by atoms with Crippen molar-refractivity contribution in [3.63, 3.8) is 0 Å². The zero-order valence-electron chi connectivity index (χ0n) is 28.6. The van der Waals surface area contributed by atoms with E-state index in [1.54, 1.807) is 0 Å². The molecule has 42 heavy (non-hydrogen) atoms. The lowest BCUT2D eigenvalue weighted by atomic mass is 10.0. The third-order valence-corrected chi connectivity index (χ3v) is 8.45. The molecule has 2 unspecified atom stereocenters. The fourth-order valence-corrected chi connectivity index (χ4v) is 5.66. The van der Waals surface area contributed by atoms with E-state index in [9.17, 15) is 9.59 Å². The first-order valence-corrected chi connectivity index (χ1v) is 18.6. The van der Waals surface area contributed by atoms with Gasteiger partial charge >= 0.3 is 11.9 Å². The van der Waals surface area contributed by atoms with Crippen LogP contribution in [-0.2, 0) is 19.1 Å². The van der Waals surface area contributed by atoms with Gasteiger partial charge in [0.1, 0.15) is 12.2 Å². The maximum Gasteiger partial charge on any atom is 0.306 e. The van der Waals surface area contributed by atoms with Crippen molar-refractivity contribution in [2.75, 3.05) is 0 Å². The average molecular weight is 593 g/mol. The van der Waals surface area contributed by atoms with Crippen molar-refractivity contribution in [2.24, 2.45) is 0 Å². The number of unbranched alkanes of at least 4 members (excludes halogenated alkanes) is 21. The van der Waals surface area contributed by atoms with Gasteiger partial charge in [-0.15, -0.1) is 6.58 Å². The molecule has 0 saturated heterocycles. The summed E-state index contributed by atoms with van der Waals surface area (Å²) in [4.78, 5) is 25.7. The Kier molecular flexibility index (Phi) is 31.6. The van der Waals surface area contributed by atoms with Gasteiger partial charge in [-0.2, -0.15) is 0 Å². The van der Waals surface area contributed by atoms with E-state index in [-0.39, 0.29) is 24.1 Å². The quantitative estimate of drug-likeness (QED) is 0.0432. The number of hydrogen-bond donors (Lipinski definition) is 0. The predicted molar refractivity (Wildman–Crippen MR) is 181 cm³/mol. The molecule has 0 aromatic carbocycles. The molecule has 0 aromatic heterocycles. The fourth-order valence-electron chi connectivity index (χ4n) is 5.66. The maximum absolute atomic E-state index is 12.9. The van der Waals surface area contributed by atoms with Crippen molar-refractivity contribution in [1.29, 1.82) is 0 Å². The number of hydrogen-bond acceptors (Lipinski definition) is 4. The number of carbonyl (C=O) groups excluding carboxylic acids is 2. The van der Waals surface area contributed by atoms with Gasteiger partial charge in [0.2, 0.25) is 0 Å². The van der Waals surface area contributed by atoms with Gasteiger partial charge in [0.25, 0.3) is 0 Å². The maximum atomic E-state index is 12.9. The summed E-state index contributed by atoms with van der Waals surface area (Å²) < 4.78 is 12.1. The van der Waals surface area contributed by atoms with Crippen LogP contribution in [-0.4, -0.2) is 24.1 Å². The Labute approximate surface area is 262 Å². The highest BCUT2D eigenvalue weighted by atomic mass is 16.6. The van der Waals surface area contributed by atoms with E-state index < -0.39 is 0 Å². The normalized spacial score (nSPS) is 12.6. The topological polar surface area (TPSA) is 52.6 Å². The molecule has 0 N–H and O–H groups in total. The summed E-state index contributed by atoms with van der Waals surface area (Å²) in [6.07, 6.45) is 33.4. The Bertz CT molecular complexity index is 602. The second-order valence-corrected chi connectivity index (χ2v) is 12.6. The fraction of sp³-hybridized carbons (Fsp3) is 0.895. The average Bonchev–Trinajstić information content (AvgIpc) is 2.98. The van der Waals surface area contributed by atoms with E-state index in [1.165, 1.54) is 116 Å². The highest BCUT2D eigenvalue weighted by Crippen LogP contribution is 2.21. The third kappa shape index (κ3) is 27.5. The Balaban J connectivity index is 4.70. The van der Waals surface area contributed by atoms with Crippen molar-refractivity contribution in [2.45, 2.75) is 219 Å². The largest absolute Gasteiger partial charge is 0.458 e. The smallest absolute Gasteiger partial charge is 0.306 e. The lowest BCUT2D eigenvalue weighted by Gasteiger charge is -2.27. The minimum Gasteiger partial charge on any atom is -0.458 e. The molecule has 0 amide bonds. The number of rotatable bonds is 33. The zero-order chi connectivity index (χ0) is 30.9. The molecule has 0 radical (unpaired) electrons. The number of carbonyl (C=O) groups is 2. The third-order valence-electron chi connectivity index (χ3n) is 8.45. The van der Waals surface area contributed by atoms with Crippen molar-refractivity contribution in [1.82, 2.24) is 0 Å². The second kappa shape index (κ2) is 32.6. The molecular weight excluding hydrogens is 520 g/mol. The van der Waals surface area contributed by atoms with Crippen molar-refractivity contribution < 1.29 is 19.1 Å². The molecule has 4 heteroatoms. The van der Waals surface area contributed by atoms with Crippen molar-refractivity contribution in [3.05, 3.63) is 12.7 Å². The molecule has 0 spiro atoms. The monoisotopic (exact) mass is 593 g/mol. The summed E-state index contributed by atoms with van der Waals surface area (Å²) in [6.45, 7) is 10.6. The highest BCUT2D eigenvalue weighted by molar-refractivity contribution is 5.70. The van der Waals surface area contributed by atoms with Gasteiger partial charge in [0, 0.05) is 12.8 Å².